The van der Waals surface area contributed by atoms with Crippen LogP contribution in [0, 0.1) is 5.82 Å². The van der Waals surface area contributed by atoms with Crippen LogP contribution in [-0.4, -0.2) is 24.9 Å². The average molecular weight is 375 g/mol. The van der Waals surface area contributed by atoms with Gasteiger partial charge in [0.25, 0.3) is 0 Å². The minimum Gasteiger partial charge on any atom is -0.505 e. The second-order valence-electron chi connectivity index (χ2n) is 7.02. The predicted molar refractivity (Wildman–Crippen MR) is 104 cm³/mol. The molecule has 1 unspecified atom stereocenters. The Labute approximate surface area is 160 Å². The number of nitrogens with zero attached hydrogens (tertiary/aromatic N) is 4. The molecule has 0 aliphatic heterocycles. The number of halogens is 1. The van der Waals surface area contributed by atoms with Crippen molar-refractivity contribution in [2.75, 3.05) is 5.73 Å². The van der Waals surface area contributed by atoms with Gasteiger partial charge < -0.3 is 10.8 Å². The third-order valence-electron chi connectivity index (χ3n) is 5.37. The van der Waals surface area contributed by atoms with Crippen molar-refractivity contribution in [2.24, 2.45) is 0 Å². The molecule has 7 heteroatoms. The molecule has 0 fully saturated rings. The number of hydrogen-bond acceptors (Lipinski definition) is 5. The van der Waals surface area contributed by atoms with Crippen LogP contribution in [0.3, 0.4) is 0 Å². The van der Waals surface area contributed by atoms with Gasteiger partial charge in [-0.05, 0) is 48.6 Å². The van der Waals surface area contributed by atoms with Gasteiger partial charge in [-0.3, -0.25) is 0 Å². The minimum atomic E-state index is -0.682. The molecule has 1 atom stereocenters. The second kappa shape index (κ2) is 6.30. The molecule has 140 valence electrons. The van der Waals surface area contributed by atoms with Crippen molar-refractivity contribution in [3.63, 3.8) is 0 Å². The van der Waals surface area contributed by atoms with E-state index in [0.717, 1.165) is 19.3 Å². The number of aromatic hydroxyl groups is 1. The summed E-state index contributed by atoms with van der Waals surface area (Å²) in [6, 6.07) is 12.5. The Hall–Kier alpha value is -3.48. The van der Waals surface area contributed by atoms with Crippen LogP contribution >= 0.6 is 0 Å². The fourth-order valence-electron chi connectivity index (χ4n) is 4.06. The van der Waals surface area contributed by atoms with Gasteiger partial charge in [0.15, 0.2) is 17.2 Å². The zero-order valence-electron chi connectivity index (χ0n) is 15.0. The topological polar surface area (TPSA) is 89.8 Å². The highest BCUT2D eigenvalue weighted by Crippen LogP contribution is 2.38. The summed E-state index contributed by atoms with van der Waals surface area (Å²) in [5.74, 6) is -0.810. The maximum Gasteiger partial charge on any atom is 0.164 e. The molecule has 0 radical (unpaired) electrons. The van der Waals surface area contributed by atoms with Crippen LogP contribution < -0.4 is 5.73 Å². The number of hydrogen-bond donors (Lipinski definition) is 2. The summed E-state index contributed by atoms with van der Waals surface area (Å²) in [5, 5.41) is 15.2. The van der Waals surface area contributed by atoms with Gasteiger partial charge in [0, 0.05) is 5.56 Å². The molecular weight excluding hydrogens is 357 g/mol. The summed E-state index contributed by atoms with van der Waals surface area (Å²) in [4.78, 5) is 8.56. The number of nitrogens with two attached hydrogens (primary N) is 1. The lowest BCUT2D eigenvalue weighted by molar-refractivity contribution is 0.432. The van der Waals surface area contributed by atoms with Crippen LogP contribution in [0.1, 0.15) is 30.0 Å². The average Bonchev–Trinajstić information content (AvgIpc) is 3.10. The lowest BCUT2D eigenvalue weighted by atomic mass is 9.88. The molecule has 6 nitrogen and oxygen atoms in total. The Balaban J connectivity index is 1.76. The number of aryl methyl sites for hydroxylation is 1. The molecule has 0 spiro atoms. The van der Waals surface area contributed by atoms with Crippen LogP contribution in [0.15, 0.2) is 48.8 Å². The first-order valence-corrected chi connectivity index (χ1v) is 9.19. The van der Waals surface area contributed by atoms with Crippen molar-refractivity contribution in [3.05, 3.63) is 65.7 Å². The van der Waals surface area contributed by atoms with Crippen LogP contribution in [0.2, 0.25) is 0 Å². The Bertz CT molecular complexity index is 1200. The van der Waals surface area contributed by atoms with Gasteiger partial charge in [-0.1, -0.05) is 24.3 Å². The molecule has 0 amide bonds. The molecule has 3 N–H and O–H groups in total. The quantitative estimate of drug-likeness (QED) is 0.555. The van der Waals surface area contributed by atoms with E-state index in [1.54, 1.807) is 6.07 Å². The number of fused-ring (bicyclic) bond motifs is 2. The zero-order valence-corrected chi connectivity index (χ0v) is 15.0. The summed E-state index contributed by atoms with van der Waals surface area (Å²) >= 11 is 0. The van der Waals surface area contributed by atoms with Crippen LogP contribution in [0.25, 0.3) is 22.3 Å². The summed E-state index contributed by atoms with van der Waals surface area (Å²) in [6.07, 6.45) is 4.46. The van der Waals surface area contributed by atoms with Gasteiger partial charge in [-0.15, -0.1) is 0 Å². The van der Waals surface area contributed by atoms with Crippen LogP contribution in [0.4, 0.5) is 10.2 Å². The number of nitrogen functional groups attached to an aromatic ring is 1. The van der Waals surface area contributed by atoms with Crippen LogP contribution in [0.5, 0.6) is 5.75 Å². The van der Waals surface area contributed by atoms with Gasteiger partial charge >= 0.3 is 0 Å². The summed E-state index contributed by atoms with van der Waals surface area (Å²) in [7, 11) is 0. The van der Waals surface area contributed by atoms with E-state index in [1.165, 1.54) is 29.6 Å². The number of benzene rings is 2. The number of aromatic nitrogens is 4. The highest BCUT2D eigenvalue weighted by atomic mass is 19.1. The molecule has 1 aliphatic rings. The molecule has 2 heterocycles. The normalized spacial score (nSPS) is 16.2. The molecule has 2 aromatic heterocycles. The minimum absolute atomic E-state index is 0.0320. The van der Waals surface area contributed by atoms with E-state index in [9.17, 15) is 9.50 Å². The monoisotopic (exact) mass is 375 g/mol. The Morgan fingerprint density at radius 1 is 1.14 bits per heavy atom. The first-order valence-electron chi connectivity index (χ1n) is 9.19. The van der Waals surface area contributed by atoms with Crippen molar-refractivity contribution >= 4 is 16.9 Å². The number of rotatable bonds is 2. The molecule has 1 aliphatic carbocycles. The predicted octanol–water partition coefficient (Wildman–Crippen LogP) is 3.85. The molecule has 0 saturated carbocycles. The molecular formula is C21H18FN5O. The highest BCUT2D eigenvalue weighted by Gasteiger charge is 2.27. The number of phenolic OH excluding ortho intramolecular Hbond substituents is 1. The smallest absolute Gasteiger partial charge is 0.164 e. The van der Waals surface area contributed by atoms with Gasteiger partial charge in [0.2, 0.25) is 0 Å². The van der Waals surface area contributed by atoms with E-state index in [4.69, 9.17) is 10.8 Å². The first-order chi connectivity index (χ1) is 13.6. The van der Waals surface area contributed by atoms with Crippen LogP contribution in [-0.2, 0) is 6.42 Å². The fourth-order valence-corrected chi connectivity index (χ4v) is 4.06. The SMILES string of the molecule is Nc1ncnc2c1c(-c1ccc(F)c(O)c1)nn2C1CCCc2ccccc21. The number of phenols is 1. The maximum absolute atomic E-state index is 13.5. The number of anilines is 1. The van der Waals surface area contributed by atoms with E-state index >= 15 is 0 Å². The third-order valence-corrected chi connectivity index (χ3v) is 5.37. The molecule has 5 rings (SSSR count). The van der Waals surface area contributed by atoms with Crippen molar-refractivity contribution in [2.45, 2.75) is 25.3 Å². The molecule has 4 aromatic rings. The van der Waals surface area contributed by atoms with E-state index in [0.29, 0.717) is 28.1 Å². The molecule has 28 heavy (non-hydrogen) atoms. The Morgan fingerprint density at radius 3 is 2.86 bits per heavy atom. The van der Waals surface area contributed by atoms with Crippen molar-refractivity contribution < 1.29 is 9.50 Å². The summed E-state index contributed by atoms with van der Waals surface area (Å²) in [6.45, 7) is 0. The van der Waals surface area contributed by atoms with Crippen molar-refractivity contribution in [1.82, 2.24) is 19.7 Å². The van der Waals surface area contributed by atoms with Crippen molar-refractivity contribution in [1.29, 1.82) is 0 Å². The van der Waals surface area contributed by atoms with Gasteiger partial charge in [0.1, 0.15) is 17.8 Å². The third kappa shape index (κ3) is 2.51. The molecule has 2 aromatic carbocycles. The fraction of sp³-hybridized carbons (Fsp3) is 0.190. The van der Waals surface area contributed by atoms with Gasteiger partial charge in [-0.25, -0.2) is 19.0 Å². The lowest BCUT2D eigenvalue weighted by Gasteiger charge is -2.26. The molecule has 0 bridgehead atoms. The summed E-state index contributed by atoms with van der Waals surface area (Å²) in [5.41, 5.74) is 10.4. The first kappa shape index (κ1) is 16.7. The second-order valence-corrected chi connectivity index (χ2v) is 7.02. The van der Waals surface area contributed by atoms with E-state index in [1.807, 2.05) is 10.7 Å². The Kier molecular flexibility index (Phi) is 3.75. The summed E-state index contributed by atoms with van der Waals surface area (Å²) < 4.78 is 15.4. The standard InChI is InChI=1S/C21H18FN5O/c22-15-9-8-13(10-17(15)28)19-18-20(23)24-11-25-21(18)27(26-19)16-7-3-5-12-4-1-2-6-14(12)16/h1-2,4,6,8-11,16,28H,3,5,7H2,(H2,23,24,25). The largest absolute Gasteiger partial charge is 0.505 e. The van der Waals surface area contributed by atoms with Gasteiger partial charge in [-0.2, -0.15) is 5.10 Å². The maximum atomic E-state index is 13.5. The lowest BCUT2D eigenvalue weighted by Crippen LogP contribution is -2.18. The highest BCUT2D eigenvalue weighted by molar-refractivity contribution is 5.98. The molecule has 0 saturated heterocycles. The zero-order chi connectivity index (χ0) is 19.3. The van der Waals surface area contributed by atoms with Crippen molar-refractivity contribution in [3.8, 4) is 17.0 Å². The van der Waals surface area contributed by atoms with Gasteiger partial charge in [0.05, 0.1) is 11.4 Å². The van der Waals surface area contributed by atoms with E-state index < -0.39 is 11.6 Å². The Morgan fingerprint density at radius 2 is 2.00 bits per heavy atom. The van der Waals surface area contributed by atoms with E-state index in [2.05, 4.69) is 28.2 Å². The van der Waals surface area contributed by atoms with E-state index in [-0.39, 0.29) is 6.04 Å².